The number of carbonyl (C=O) groups excluding carboxylic acids is 1. The number of guanidine groups is 1. The quantitative estimate of drug-likeness (QED) is 0.195. The lowest BCUT2D eigenvalue weighted by molar-refractivity contribution is -0.119. The summed E-state index contributed by atoms with van der Waals surface area (Å²) in [4.78, 5) is 20.0. The fraction of sp³-hybridized carbons (Fsp3) is 0.360. The molecule has 0 bridgehead atoms. The SMILES string of the molecule is CN=C(NCCc1c[nH]c2ccccc12)NCc1cccc(NC(=O)C2CCCC2)c1.I. The number of carbonyl (C=O) groups is 1. The van der Waals surface area contributed by atoms with Crippen molar-refractivity contribution in [2.24, 2.45) is 10.9 Å². The second-order valence-corrected chi connectivity index (χ2v) is 8.13. The zero-order valence-corrected chi connectivity index (χ0v) is 20.8. The zero-order valence-electron chi connectivity index (χ0n) is 18.5. The molecule has 1 heterocycles. The third kappa shape index (κ3) is 6.25. The summed E-state index contributed by atoms with van der Waals surface area (Å²) in [6.45, 7) is 1.43. The summed E-state index contributed by atoms with van der Waals surface area (Å²) in [6, 6.07) is 16.4. The van der Waals surface area contributed by atoms with E-state index >= 15 is 0 Å². The Morgan fingerprint density at radius 2 is 1.91 bits per heavy atom. The van der Waals surface area contributed by atoms with Crippen molar-refractivity contribution in [3.63, 3.8) is 0 Å². The van der Waals surface area contributed by atoms with Gasteiger partial charge in [-0.05, 0) is 48.6 Å². The van der Waals surface area contributed by atoms with E-state index in [9.17, 15) is 4.79 Å². The minimum atomic E-state index is 0. The normalized spacial score (nSPS) is 14.2. The van der Waals surface area contributed by atoms with Gasteiger partial charge in [-0.3, -0.25) is 9.79 Å². The van der Waals surface area contributed by atoms with Crippen molar-refractivity contribution in [1.82, 2.24) is 15.6 Å². The molecule has 0 radical (unpaired) electrons. The number of amides is 1. The Hall–Kier alpha value is -2.55. The fourth-order valence-corrected chi connectivity index (χ4v) is 4.25. The summed E-state index contributed by atoms with van der Waals surface area (Å²) in [5.41, 5.74) is 4.42. The number of hydrogen-bond donors (Lipinski definition) is 4. The van der Waals surface area contributed by atoms with E-state index in [-0.39, 0.29) is 35.8 Å². The maximum absolute atomic E-state index is 12.4. The molecule has 0 aliphatic heterocycles. The molecule has 4 rings (SSSR count). The molecule has 170 valence electrons. The van der Waals surface area contributed by atoms with E-state index in [1.54, 1.807) is 7.05 Å². The summed E-state index contributed by atoms with van der Waals surface area (Å²) in [5.74, 6) is 1.08. The number of fused-ring (bicyclic) bond motifs is 1. The number of rotatable bonds is 7. The zero-order chi connectivity index (χ0) is 21.5. The molecule has 3 aromatic rings. The van der Waals surface area contributed by atoms with Crippen LogP contribution in [-0.2, 0) is 17.8 Å². The first-order valence-electron chi connectivity index (χ1n) is 11.1. The Balaban J connectivity index is 0.00000289. The number of anilines is 1. The summed E-state index contributed by atoms with van der Waals surface area (Å²) < 4.78 is 0. The minimum absolute atomic E-state index is 0. The van der Waals surface area contributed by atoms with E-state index < -0.39 is 0 Å². The Labute approximate surface area is 206 Å². The lowest BCUT2D eigenvalue weighted by atomic mass is 10.1. The predicted octanol–water partition coefficient (Wildman–Crippen LogP) is 4.82. The number of aromatic amines is 1. The van der Waals surface area contributed by atoms with Gasteiger partial charge in [-0.2, -0.15) is 0 Å². The van der Waals surface area contributed by atoms with Gasteiger partial charge in [0, 0.05) is 48.8 Å². The van der Waals surface area contributed by atoms with Gasteiger partial charge in [0.1, 0.15) is 0 Å². The molecule has 0 unspecified atom stereocenters. The summed E-state index contributed by atoms with van der Waals surface area (Å²) in [7, 11) is 1.78. The van der Waals surface area contributed by atoms with E-state index in [0.717, 1.165) is 55.9 Å². The number of benzene rings is 2. The molecule has 32 heavy (non-hydrogen) atoms. The number of para-hydroxylation sites is 1. The third-order valence-corrected chi connectivity index (χ3v) is 5.97. The van der Waals surface area contributed by atoms with Gasteiger partial charge in [0.15, 0.2) is 5.96 Å². The molecule has 0 saturated heterocycles. The lowest BCUT2D eigenvalue weighted by Gasteiger charge is -2.14. The number of nitrogens with one attached hydrogen (secondary N) is 4. The lowest BCUT2D eigenvalue weighted by Crippen LogP contribution is -2.37. The van der Waals surface area contributed by atoms with Crippen LogP contribution in [0.5, 0.6) is 0 Å². The standard InChI is InChI=1S/C25H31N5O.HI/c1-26-25(27-14-13-20-17-28-23-12-5-4-11-22(20)23)29-16-18-7-6-10-21(15-18)30-24(31)19-8-2-3-9-19;/h4-7,10-12,15,17,19,28H,2-3,8-9,13-14,16H2,1H3,(H,30,31)(H2,26,27,29);1H. The second-order valence-electron chi connectivity index (χ2n) is 8.13. The highest BCUT2D eigenvalue weighted by atomic mass is 127. The largest absolute Gasteiger partial charge is 0.361 e. The molecule has 0 spiro atoms. The number of aromatic nitrogens is 1. The fourth-order valence-electron chi connectivity index (χ4n) is 4.25. The maximum atomic E-state index is 12.4. The van der Waals surface area contributed by atoms with Crippen LogP contribution in [0.15, 0.2) is 59.7 Å². The number of halogens is 1. The van der Waals surface area contributed by atoms with Crippen LogP contribution < -0.4 is 16.0 Å². The molecule has 0 atom stereocenters. The van der Waals surface area contributed by atoms with Crippen molar-refractivity contribution in [2.45, 2.75) is 38.6 Å². The van der Waals surface area contributed by atoms with E-state index in [0.29, 0.717) is 6.54 Å². The van der Waals surface area contributed by atoms with Gasteiger partial charge in [-0.25, -0.2) is 0 Å². The first-order valence-corrected chi connectivity index (χ1v) is 11.1. The molecular weight excluding hydrogens is 513 g/mol. The van der Waals surface area contributed by atoms with Crippen molar-refractivity contribution in [1.29, 1.82) is 0 Å². The van der Waals surface area contributed by atoms with Gasteiger partial charge in [-0.1, -0.05) is 43.2 Å². The van der Waals surface area contributed by atoms with Crippen LogP contribution in [-0.4, -0.2) is 30.4 Å². The highest BCUT2D eigenvalue weighted by Gasteiger charge is 2.22. The van der Waals surface area contributed by atoms with Gasteiger partial charge in [-0.15, -0.1) is 24.0 Å². The minimum Gasteiger partial charge on any atom is -0.361 e. The molecule has 1 aliphatic carbocycles. The molecule has 1 aliphatic rings. The molecule has 1 fully saturated rings. The summed E-state index contributed by atoms with van der Waals surface area (Å²) >= 11 is 0. The molecule has 2 aromatic carbocycles. The molecule has 1 saturated carbocycles. The number of aliphatic imine (C=N–C) groups is 1. The molecule has 1 amide bonds. The van der Waals surface area contributed by atoms with Crippen LogP contribution in [0.1, 0.15) is 36.8 Å². The average molecular weight is 545 g/mol. The van der Waals surface area contributed by atoms with Gasteiger partial charge in [0.25, 0.3) is 0 Å². The van der Waals surface area contributed by atoms with Gasteiger partial charge >= 0.3 is 0 Å². The monoisotopic (exact) mass is 545 g/mol. The number of H-pyrrole nitrogens is 1. The summed E-state index contributed by atoms with van der Waals surface area (Å²) in [5, 5.41) is 11.1. The number of hydrogen-bond acceptors (Lipinski definition) is 2. The average Bonchev–Trinajstić information content (AvgIpc) is 3.47. The van der Waals surface area contributed by atoms with Crippen molar-refractivity contribution in [3.8, 4) is 0 Å². The molecule has 6 nitrogen and oxygen atoms in total. The Bertz CT molecular complexity index is 1060. The molecule has 7 heteroatoms. The second kappa shape index (κ2) is 11.9. The first kappa shape index (κ1) is 24.1. The van der Waals surface area contributed by atoms with Crippen LogP contribution in [0.2, 0.25) is 0 Å². The van der Waals surface area contributed by atoms with Crippen LogP contribution in [0, 0.1) is 5.92 Å². The van der Waals surface area contributed by atoms with Gasteiger partial charge in [0.05, 0.1) is 0 Å². The van der Waals surface area contributed by atoms with E-state index in [1.807, 2.05) is 24.3 Å². The predicted molar refractivity (Wildman–Crippen MR) is 143 cm³/mol. The van der Waals surface area contributed by atoms with Crippen molar-refractivity contribution >= 4 is 52.4 Å². The Morgan fingerprint density at radius 1 is 1.09 bits per heavy atom. The summed E-state index contributed by atoms with van der Waals surface area (Å²) in [6.07, 6.45) is 7.32. The highest BCUT2D eigenvalue weighted by molar-refractivity contribution is 14.0. The highest BCUT2D eigenvalue weighted by Crippen LogP contribution is 2.26. The van der Waals surface area contributed by atoms with E-state index in [4.69, 9.17) is 0 Å². The topological polar surface area (TPSA) is 81.3 Å². The Morgan fingerprint density at radius 3 is 2.72 bits per heavy atom. The molecule has 1 aromatic heterocycles. The maximum Gasteiger partial charge on any atom is 0.227 e. The van der Waals surface area contributed by atoms with Gasteiger partial charge in [0.2, 0.25) is 5.91 Å². The van der Waals surface area contributed by atoms with Crippen LogP contribution in [0.4, 0.5) is 5.69 Å². The first-order chi connectivity index (χ1) is 15.2. The smallest absolute Gasteiger partial charge is 0.227 e. The van der Waals surface area contributed by atoms with Crippen molar-refractivity contribution in [2.75, 3.05) is 18.9 Å². The van der Waals surface area contributed by atoms with Crippen LogP contribution in [0.3, 0.4) is 0 Å². The van der Waals surface area contributed by atoms with Crippen LogP contribution >= 0.6 is 24.0 Å². The molecule has 4 N–H and O–H groups in total. The van der Waals surface area contributed by atoms with Crippen LogP contribution in [0.25, 0.3) is 10.9 Å². The Kier molecular flexibility index (Phi) is 8.96. The molecular formula is C25H32IN5O. The number of nitrogens with zero attached hydrogens (tertiary/aromatic N) is 1. The van der Waals surface area contributed by atoms with Crippen molar-refractivity contribution in [3.05, 3.63) is 65.9 Å². The van der Waals surface area contributed by atoms with Gasteiger partial charge < -0.3 is 20.9 Å². The van der Waals surface area contributed by atoms with E-state index in [2.05, 4.69) is 56.4 Å². The van der Waals surface area contributed by atoms with E-state index in [1.165, 1.54) is 16.5 Å². The third-order valence-electron chi connectivity index (χ3n) is 5.97. The van der Waals surface area contributed by atoms with Crippen molar-refractivity contribution < 1.29 is 4.79 Å².